The summed E-state index contributed by atoms with van der Waals surface area (Å²) in [7, 11) is -3.55. The minimum Gasteiger partial charge on any atom is -0.244 e. The van der Waals surface area contributed by atoms with Gasteiger partial charge in [-0.3, -0.25) is 0 Å². The van der Waals surface area contributed by atoms with Gasteiger partial charge < -0.3 is 0 Å². The van der Waals surface area contributed by atoms with Crippen LogP contribution in [0.25, 0.3) is 10.9 Å². The van der Waals surface area contributed by atoms with E-state index in [0.29, 0.717) is 9.99 Å². The maximum atomic E-state index is 12.8. The zero-order valence-corrected chi connectivity index (χ0v) is 14.5. The molecule has 0 radical (unpaired) electrons. The van der Waals surface area contributed by atoms with Crippen molar-refractivity contribution in [2.24, 2.45) is 0 Å². The first kappa shape index (κ1) is 15.8. The van der Waals surface area contributed by atoms with Gasteiger partial charge in [0.1, 0.15) is 0 Å². The molecule has 3 rings (SSSR count). The van der Waals surface area contributed by atoms with E-state index in [1.165, 1.54) is 3.97 Å². The molecule has 0 bridgehead atoms. The fourth-order valence-corrected chi connectivity index (χ4v) is 4.70. The topological polar surface area (TPSA) is 62.9 Å². The number of rotatable bonds is 4. The molecule has 0 saturated carbocycles. The summed E-state index contributed by atoms with van der Waals surface area (Å²) < 4.78 is 27.5. The van der Waals surface area contributed by atoms with Gasteiger partial charge in [0.2, 0.25) is 10.0 Å². The standard InChI is InChI=1S/C17H13BrN2O2S/c18-16-7-6-14(8-10-19)15-9-11-20(17(15)16)23(21,22)12-13-4-2-1-3-5-13/h1-7,9,11H,8,12H2. The molecule has 4 nitrogen and oxygen atoms in total. The normalized spacial score (nSPS) is 11.5. The average Bonchev–Trinajstić information content (AvgIpc) is 2.98. The molecule has 1 aromatic heterocycles. The molecule has 23 heavy (non-hydrogen) atoms. The quantitative estimate of drug-likeness (QED) is 0.681. The Balaban J connectivity index is 2.13. The lowest BCUT2D eigenvalue weighted by atomic mass is 10.1. The SMILES string of the molecule is N#CCc1ccc(Br)c2c1ccn2S(=O)(=O)Cc1ccccc1. The van der Waals surface area contributed by atoms with E-state index >= 15 is 0 Å². The van der Waals surface area contributed by atoms with Crippen molar-refractivity contribution in [1.29, 1.82) is 5.26 Å². The molecule has 0 unspecified atom stereocenters. The van der Waals surface area contributed by atoms with Gasteiger partial charge in [-0.25, -0.2) is 12.4 Å². The Hall–Kier alpha value is -2.10. The summed E-state index contributed by atoms with van der Waals surface area (Å²) in [6.45, 7) is 0. The van der Waals surface area contributed by atoms with Crippen LogP contribution in [0.2, 0.25) is 0 Å². The van der Waals surface area contributed by atoms with Gasteiger partial charge in [-0.15, -0.1) is 0 Å². The van der Waals surface area contributed by atoms with E-state index < -0.39 is 10.0 Å². The average molecular weight is 389 g/mol. The highest BCUT2D eigenvalue weighted by molar-refractivity contribution is 9.10. The number of aromatic nitrogens is 1. The molecular weight excluding hydrogens is 376 g/mol. The number of fused-ring (bicyclic) bond motifs is 1. The lowest BCUT2D eigenvalue weighted by molar-refractivity contribution is 0.588. The van der Waals surface area contributed by atoms with Crippen LogP contribution >= 0.6 is 15.9 Å². The van der Waals surface area contributed by atoms with E-state index in [0.717, 1.165) is 16.5 Å². The maximum Gasteiger partial charge on any atom is 0.243 e. The van der Waals surface area contributed by atoms with Crippen molar-refractivity contribution in [3.8, 4) is 6.07 Å². The number of hydrogen-bond donors (Lipinski definition) is 0. The Morgan fingerprint density at radius 1 is 1.09 bits per heavy atom. The summed E-state index contributed by atoms with van der Waals surface area (Å²) in [6.07, 6.45) is 1.79. The van der Waals surface area contributed by atoms with Crippen LogP contribution in [0.15, 0.2) is 59.2 Å². The van der Waals surface area contributed by atoms with Crippen LogP contribution in [0.5, 0.6) is 0 Å². The van der Waals surface area contributed by atoms with E-state index in [1.54, 1.807) is 30.5 Å². The molecule has 6 heteroatoms. The van der Waals surface area contributed by atoms with E-state index in [4.69, 9.17) is 5.26 Å². The molecule has 0 N–H and O–H groups in total. The molecule has 0 saturated heterocycles. The highest BCUT2D eigenvalue weighted by Gasteiger charge is 2.19. The van der Waals surface area contributed by atoms with Crippen LogP contribution in [0.4, 0.5) is 0 Å². The van der Waals surface area contributed by atoms with E-state index in [-0.39, 0.29) is 12.2 Å². The van der Waals surface area contributed by atoms with Gasteiger partial charge in [0, 0.05) is 16.1 Å². The first-order valence-corrected chi connectivity index (χ1v) is 9.36. The van der Waals surface area contributed by atoms with Crippen molar-refractivity contribution in [2.45, 2.75) is 12.2 Å². The molecular formula is C17H13BrN2O2S. The van der Waals surface area contributed by atoms with Gasteiger partial charge in [0.15, 0.2) is 0 Å². The molecule has 0 amide bonds. The summed E-state index contributed by atoms with van der Waals surface area (Å²) >= 11 is 3.42. The summed E-state index contributed by atoms with van der Waals surface area (Å²) in [5.41, 5.74) is 2.13. The number of nitrogens with zero attached hydrogens (tertiary/aromatic N) is 2. The molecule has 116 valence electrons. The summed E-state index contributed by atoms with van der Waals surface area (Å²) in [4.78, 5) is 0. The van der Waals surface area contributed by atoms with Crippen LogP contribution in [0, 0.1) is 11.3 Å². The molecule has 0 spiro atoms. The third kappa shape index (κ3) is 3.03. The van der Waals surface area contributed by atoms with Gasteiger partial charge in [0.05, 0.1) is 23.8 Å². The highest BCUT2D eigenvalue weighted by Crippen LogP contribution is 2.30. The van der Waals surface area contributed by atoms with Crippen LogP contribution < -0.4 is 0 Å². The first-order chi connectivity index (χ1) is 11.0. The molecule has 3 aromatic rings. The molecule has 1 heterocycles. The molecule has 2 aromatic carbocycles. The monoisotopic (exact) mass is 388 g/mol. The smallest absolute Gasteiger partial charge is 0.243 e. The Kier molecular flexibility index (Phi) is 4.24. The van der Waals surface area contributed by atoms with E-state index in [9.17, 15) is 8.42 Å². The van der Waals surface area contributed by atoms with Crippen molar-refractivity contribution in [3.63, 3.8) is 0 Å². The van der Waals surface area contributed by atoms with Gasteiger partial charge >= 0.3 is 0 Å². The van der Waals surface area contributed by atoms with Gasteiger partial charge in [-0.05, 0) is 39.2 Å². The number of benzene rings is 2. The molecule has 0 fully saturated rings. The lowest BCUT2D eigenvalue weighted by Crippen LogP contribution is -2.14. The van der Waals surface area contributed by atoms with Crippen LogP contribution in [-0.2, 0) is 22.2 Å². The fraction of sp³-hybridized carbons (Fsp3) is 0.118. The van der Waals surface area contributed by atoms with Crippen LogP contribution in [-0.4, -0.2) is 12.4 Å². The first-order valence-electron chi connectivity index (χ1n) is 6.95. The maximum absolute atomic E-state index is 12.8. The summed E-state index contributed by atoms with van der Waals surface area (Å²) in [5.74, 6) is -0.0768. The summed E-state index contributed by atoms with van der Waals surface area (Å²) in [6, 6.07) is 16.5. The van der Waals surface area contributed by atoms with Gasteiger partial charge in [-0.1, -0.05) is 36.4 Å². The third-order valence-corrected chi connectivity index (χ3v) is 5.86. The fourth-order valence-electron chi connectivity index (χ4n) is 2.58. The second kappa shape index (κ2) is 6.19. The van der Waals surface area contributed by atoms with Crippen molar-refractivity contribution in [2.75, 3.05) is 0 Å². The molecule has 0 aliphatic rings. The second-order valence-corrected chi connectivity index (χ2v) is 7.86. The third-order valence-electron chi connectivity index (χ3n) is 3.62. The lowest BCUT2D eigenvalue weighted by Gasteiger charge is -2.10. The zero-order valence-electron chi connectivity index (χ0n) is 12.1. The minimum absolute atomic E-state index is 0.0768. The molecule has 0 atom stereocenters. The van der Waals surface area contributed by atoms with Crippen molar-refractivity contribution in [1.82, 2.24) is 3.97 Å². The van der Waals surface area contributed by atoms with Crippen molar-refractivity contribution >= 4 is 36.9 Å². The number of hydrogen-bond acceptors (Lipinski definition) is 3. The van der Waals surface area contributed by atoms with Gasteiger partial charge in [-0.2, -0.15) is 5.26 Å². The predicted octanol–water partition coefficient (Wildman–Crippen LogP) is 3.85. The Labute approximate surface area is 143 Å². The van der Waals surface area contributed by atoms with Crippen LogP contribution in [0.3, 0.4) is 0 Å². The van der Waals surface area contributed by atoms with E-state index in [2.05, 4.69) is 22.0 Å². The number of nitriles is 1. The minimum atomic E-state index is -3.55. The Morgan fingerprint density at radius 2 is 1.83 bits per heavy atom. The predicted molar refractivity (Wildman–Crippen MR) is 93.4 cm³/mol. The second-order valence-electron chi connectivity index (χ2n) is 5.16. The Morgan fingerprint density at radius 3 is 2.52 bits per heavy atom. The molecule has 0 aliphatic heterocycles. The Bertz CT molecular complexity index is 1000. The van der Waals surface area contributed by atoms with Crippen molar-refractivity contribution < 1.29 is 8.42 Å². The van der Waals surface area contributed by atoms with Crippen LogP contribution in [0.1, 0.15) is 11.1 Å². The molecule has 0 aliphatic carbocycles. The summed E-state index contributed by atoms with van der Waals surface area (Å²) in [5, 5.41) is 9.70. The van der Waals surface area contributed by atoms with Gasteiger partial charge in [0.25, 0.3) is 0 Å². The van der Waals surface area contributed by atoms with E-state index in [1.807, 2.05) is 24.3 Å². The number of halogens is 1. The van der Waals surface area contributed by atoms with Crippen molar-refractivity contribution in [3.05, 3.63) is 70.3 Å². The zero-order chi connectivity index (χ0) is 16.4. The highest BCUT2D eigenvalue weighted by atomic mass is 79.9. The largest absolute Gasteiger partial charge is 0.244 e.